The van der Waals surface area contributed by atoms with Crippen molar-refractivity contribution in [3.05, 3.63) is 0 Å². The highest BCUT2D eigenvalue weighted by Crippen LogP contribution is 1.99. The largest absolute Gasteiger partial charge is 0.465 e. The van der Waals surface area contributed by atoms with E-state index in [-0.39, 0.29) is 5.97 Å². The molecule has 0 spiro atoms. The summed E-state index contributed by atoms with van der Waals surface area (Å²) in [7, 11) is 0. The molecule has 1 N–H and O–H groups in total. The maximum Gasteiger partial charge on any atom is 0.320 e. The number of nitrogens with one attached hydrogen (secondary N) is 1. The molecule has 1 saturated heterocycles. The SMILES string of the molecule is CCCCOC(=O)CN1CCNC(C)C1. The van der Waals surface area contributed by atoms with Gasteiger partial charge in [-0.1, -0.05) is 13.3 Å². The van der Waals surface area contributed by atoms with Gasteiger partial charge >= 0.3 is 5.97 Å². The molecule has 0 aromatic heterocycles. The zero-order valence-electron chi connectivity index (χ0n) is 9.79. The van der Waals surface area contributed by atoms with Gasteiger partial charge in [-0.3, -0.25) is 9.69 Å². The molecule has 0 radical (unpaired) electrons. The first kappa shape index (κ1) is 12.5. The lowest BCUT2D eigenvalue weighted by Crippen LogP contribution is -2.50. The summed E-state index contributed by atoms with van der Waals surface area (Å²) < 4.78 is 5.12. The van der Waals surface area contributed by atoms with Gasteiger partial charge in [0.2, 0.25) is 0 Å². The zero-order chi connectivity index (χ0) is 11.1. The normalized spacial score (nSPS) is 22.7. The number of piperazine rings is 1. The first-order chi connectivity index (χ1) is 7.22. The standard InChI is InChI=1S/C11H22N2O2/c1-3-4-7-15-11(14)9-13-6-5-12-10(2)8-13/h10,12H,3-9H2,1-2H3. The van der Waals surface area contributed by atoms with Gasteiger partial charge in [-0.25, -0.2) is 0 Å². The third-order valence-electron chi connectivity index (χ3n) is 2.57. The van der Waals surface area contributed by atoms with E-state index >= 15 is 0 Å². The van der Waals surface area contributed by atoms with Crippen LogP contribution in [0.15, 0.2) is 0 Å². The van der Waals surface area contributed by atoms with Crippen LogP contribution in [0.4, 0.5) is 0 Å². The van der Waals surface area contributed by atoms with Gasteiger partial charge in [0.25, 0.3) is 0 Å². The Kier molecular flexibility index (Phi) is 5.65. The summed E-state index contributed by atoms with van der Waals surface area (Å²) in [6.07, 6.45) is 2.03. The van der Waals surface area contributed by atoms with Crippen LogP contribution >= 0.6 is 0 Å². The third-order valence-corrected chi connectivity index (χ3v) is 2.57. The molecule has 88 valence electrons. The average Bonchev–Trinajstić information content (AvgIpc) is 2.18. The maximum absolute atomic E-state index is 11.4. The second-order valence-electron chi connectivity index (χ2n) is 4.16. The van der Waals surface area contributed by atoms with Crippen LogP contribution in [0, 0.1) is 0 Å². The quantitative estimate of drug-likeness (QED) is 0.538. The van der Waals surface area contributed by atoms with Crippen molar-refractivity contribution >= 4 is 5.97 Å². The molecular weight excluding hydrogens is 192 g/mol. The van der Waals surface area contributed by atoms with Crippen molar-refractivity contribution in [1.82, 2.24) is 10.2 Å². The number of hydrogen-bond acceptors (Lipinski definition) is 4. The first-order valence-corrected chi connectivity index (χ1v) is 5.83. The Bertz CT molecular complexity index is 197. The van der Waals surface area contributed by atoms with Crippen LogP contribution in [0.3, 0.4) is 0 Å². The molecule has 0 amide bonds. The van der Waals surface area contributed by atoms with Crippen molar-refractivity contribution in [2.45, 2.75) is 32.7 Å². The Morgan fingerprint density at radius 1 is 1.60 bits per heavy atom. The Balaban J connectivity index is 2.13. The van der Waals surface area contributed by atoms with Crippen molar-refractivity contribution in [2.24, 2.45) is 0 Å². The fourth-order valence-corrected chi connectivity index (χ4v) is 1.71. The molecule has 1 rings (SSSR count). The van der Waals surface area contributed by atoms with Crippen LogP contribution in [-0.4, -0.2) is 49.7 Å². The third kappa shape index (κ3) is 5.14. The number of rotatable bonds is 5. The summed E-state index contributed by atoms with van der Waals surface area (Å²) in [4.78, 5) is 13.6. The van der Waals surface area contributed by atoms with Crippen LogP contribution in [0.25, 0.3) is 0 Å². The molecule has 1 unspecified atom stereocenters. The summed E-state index contributed by atoms with van der Waals surface area (Å²) >= 11 is 0. The first-order valence-electron chi connectivity index (χ1n) is 5.83. The molecular formula is C11H22N2O2. The molecule has 1 aliphatic rings. The van der Waals surface area contributed by atoms with E-state index < -0.39 is 0 Å². The van der Waals surface area contributed by atoms with Gasteiger partial charge < -0.3 is 10.1 Å². The van der Waals surface area contributed by atoms with Gasteiger partial charge in [-0.15, -0.1) is 0 Å². The highest BCUT2D eigenvalue weighted by atomic mass is 16.5. The predicted octanol–water partition coefficient (Wildman–Crippen LogP) is 0.623. The second-order valence-corrected chi connectivity index (χ2v) is 4.16. The molecule has 0 saturated carbocycles. The van der Waals surface area contributed by atoms with Crippen molar-refractivity contribution < 1.29 is 9.53 Å². The molecule has 1 fully saturated rings. The van der Waals surface area contributed by atoms with Gasteiger partial charge in [0.1, 0.15) is 0 Å². The summed E-state index contributed by atoms with van der Waals surface area (Å²) in [5, 5.41) is 3.34. The van der Waals surface area contributed by atoms with E-state index in [1.807, 2.05) is 0 Å². The lowest BCUT2D eigenvalue weighted by Gasteiger charge is -2.30. The lowest BCUT2D eigenvalue weighted by atomic mass is 10.2. The topological polar surface area (TPSA) is 41.6 Å². The highest BCUT2D eigenvalue weighted by molar-refractivity contribution is 5.71. The number of carbonyl (C=O) groups is 1. The van der Waals surface area contributed by atoms with E-state index in [4.69, 9.17) is 4.74 Å². The maximum atomic E-state index is 11.4. The number of ether oxygens (including phenoxy) is 1. The number of esters is 1. The minimum absolute atomic E-state index is 0.0856. The van der Waals surface area contributed by atoms with Gasteiger partial charge in [-0.05, 0) is 13.3 Å². The van der Waals surface area contributed by atoms with Gasteiger partial charge in [0.05, 0.1) is 13.2 Å². The van der Waals surface area contributed by atoms with Crippen molar-refractivity contribution in [3.8, 4) is 0 Å². The molecule has 0 aromatic rings. The lowest BCUT2D eigenvalue weighted by molar-refractivity contribution is -0.145. The molecule has 0 aliphatic carbocycles. The summed E-state index contributed by atoms with van der Waals surface area (Å²) in [6, 6.07) is 0.474. The number of carbonyl (C=O) groups excluding carboxylic acids is 1. The van der Waals surface area contributed by atoms with Gasteiger partial charge in [0.15, 0.2) is 0 Å². The number of unbranched alkanes of at least 4 members (excludes halogenated alkanes) is 1. The van der Waals surface area contributed by atoms with Crippen LogP contribution in [0.1, 0.15) is 26.7 Å². The monoisotopic (exact) mass is 214 g/mol. The van der Waals surface area contributed by atoms with Crippen LogP contribution in [-0.2, 0) is 9.53 Å². The summed E-state index contributed by atoms with van der Waals surface area (Å²) in [5.74, 6) is -0.0856. The van der Waals surface area contributed by atoms with Crippen LogP contribution in [0.2, 0.25) is 0 Å². The summed E-state index contributed by atoms with van der Waals surface area (Å²) in [5.41, 5.74) is 0. The molecule has 1 aliphatic heterocycles. The second kappa shape index (κ2) is 6.80. The van der Waals surface area contributed by atoms with Crippen LogP contribution < -0.4 is 5.32 Å². The van der Waals surface area contributed by atoms with E-state index in [0.717, 1.165) is 32.5 Å². The van der Waals surface area contributed by atoms with Crippen LogP contribution in [0.5, 0.6) is 0 Å². The summed E-state index contributed by atoms with van der Waals surface area (Å²) in [6.45, 7) is 8.06. The van der Waals surface area contributed by atoms with Gasteiger partial charge in [-0.2, -0.15) is 0 Å². The smallest absolute Gasteiger partial charge is 0.320 e. The Hall–Kier alpha value is -0.610. The molecule has 1 heterocycles. The highest BCUT2D eigenvalue weighted by Gasteiger charge is 2.18. The zero-order valence-corrected chi connectivity index (χ0v) is 9.79. The van der Waals surface area contributed by atoms with E-state index in [9.17, 15) is 4.79 Å². The van der Waals surface area contributed by atoms with Gasteiger partial charge in [0, 0.05) is 25.7 Å². The van der Waals surface area contributed by atoms with E-state index in [1.165, 1.54) is 0 Å². The molecule has 1 atom stereocenters. The Morgan fingerprint density at radius 3 is 3.07 bits per heavy atom. The Labute approximate surface area is 92.0 Å². The minimum Gasteiger partial charge on any atom is -0.465 e. The van der Waals surface area contributed by atoms with Crippen molar-refractivity contribution in [2.75, 3.05) is 32.8 Å². The van der Waals surface area contributed by atoms with E-state index in [2.05, 4.69) is 24.1 Å². The van der Waals surface area contributed by atoms with Crippen molar-refractivity contribution in [3.63, 3.8) is 0 Å². The van der Waals surface area contributed by atoms with Crippen molar-refractivity contribution in [1.29, 1.82) is 0 Å². The predicted molar refractivity (Wildman–Crippen MR) is 59.8 cm³/mol. The fourth-order valence-electron chi connectivity index (χ4n) is 1.71. The molecule has 0 aromatic carbocycles. The minimum atomic E-state index is -0.0856. The molecule has 4 nitrogen and oxygen atoms in total. The number of hydrogen-bond donors (Lipinski definition) is 1. The van der Waals surface area contributed by atoms with E-state index in [1.54, 1.807) is 0 Å². The van der Waals surface area contributed by atoms with E-state index in [0.29, 0.717) is 19.2 Å². The molecule has 4 heteroatoms. The fraction of sp³-hybridized carbons (Fsp3) is 0.909. The average molecular weight is 214 g/mol. The molecule has 0 bridgehead atoms. The molecule has 15 heavy (non-hydrogen) atoms. The Morgan fingerprint density at radius 2 is 2.40 bits per heavy atom. The number of nitrogens with zero attached hydrogens (tertiary/aromatic N) is 1.